The second kappa shape index (κ2) is 14.1. The largest absolute Gasteiger partial charge is 0.494 e. The maximum Gasteiger partial charge on any atom is 0.338 e. The number of hydrogen-bond donors (Lipinski definition) is 2. The number of hydrogen-bond acceptors (Lipinski definition) is 8. The van der Waals surface area contributed by atoms with Crippen LogP contribution in [0.25, 0.3) is 5.69 Å². The fourth-order valence-electron chi connectivity index (χ4n) is 3.90. The number of carbonyl (C=O) groups is 3. The number of ether oxygens (including phenoxy) is 2. The third-order valence-electron chi connectivity index (χ3n) is 5.81. The summed E-state index contributed by atoms with van der Waals surface area (Å²) in [6.45, 7) is 6.55. The monoisotopic (exact) mass is 573 g/mol. The van der Waals surface area contributed by atoms with Gasteiger partial charge in [-0.1, -0.05) is 29.5 Å². The molecule has 4 rings (SSSR count). The number of aromatic nitrogens is 3. The Balaban J connectivity index is 1.47. The van der Waals surface area contributed by atoms with E-state index >= 15 is 0 Å². The molecule has 3 aromatic carbocycles. The van der Waals surface area contributed by atoms with Crippen LogP contribution in [0.2, 0.25) is 0 Å². The van der Waals surface area contributed by atoms with Crippen molar-refractivity contribution in [1.29, 1.82) is 0 Å². The van der Waals surface area contributed by atoms with Gasteiger partial charge in [-0.15, -0.1) is 10.2 Å². The van der Waals surface area contributed by atoms with Gasteiger partial charge in [-0.3, -0.25) is 14.2 Å². The van der Waals surface area contributed by atoms with Crippen LogP contribution in [0.3, 0.4) is 0 Å². The Morgan fingerprint density at radius 1 is 0.902 bits per heavy atom. The van der Waals surface area contributed by atoms with Crippen LogP contribution in [0.4, 0.5) is 5.69 Å². The summed E-state index contributed by atoms with van der Waals surface area (Å²) < 4.78 is 12.4. The van der Waals surface area contributed by atoms with Crippen molar-refractivity contribution in [2.24, 2.45) is 0 Å². The summed E-state index contributed by atoms with van der Waals surface area (Å²) in [6.07, 6.45) is 0. The van der Waals surface area contributed by atoms with Crippen LogP contribution in [0, 0.1) is 6.92 Å². The molecule has 1 heterocycles. The Morgan fingerprint density at radius 3 is 2.34 bits per heavy atom. The van der Waals surface area contributed by atoms with Crippen molar-refractivity contribution in [1.82, 2.24) is 20.1 Å². The first kappa shape index (κ1) is 29.3. The minimum Gasteiger partial charge on any atom is -0.494 e. The number of anilines is 1. The summed E-state index contributed by atoms with van der Waals surface area (Å²) in [7, 11) is 0. The second-order valence-corrected chi connectivity index (χ2v) is 9.79. The minimum absolute atomic E-state index is 0.0600. The van der Waals surface area contributed by atoms with Crippen LogP contribution >= 0.6 is 11.8 Å². The SMILES string of the molecule is CCOC(=O)c1ccc(NC(=O)CSc2nnc(CNC(=O)c3cccc(C)c3)n2-c2ccc(OCC)cc2)cc1. The van der Waals surface area contributed by atoms with E-state index in [-0.39, 0.29) is 30.7 Å². The van der Waals surface area contributed by atoms with E-state index in [1.54, 1.807) is 41.8 Å². The van der Waals surface area contributed by atoms with Crippen LogP contribution in [0.15, 0.2) is 78.0 Å². The maximum atomic E-state index is 12.8. The summed E-state index contributed by atoms with van der Waals surface area (Å²) in [6, 6.07) is 21.2. The standard InChI is InChI=1S/C30H31N5O5S/c1-4-39-25-15-13-24(14-16-25)35-26(18-31-28(37)22-8-6-7-20(3)17-22)33-34-30(35)41-19-27(36)32-23-11-9-21(10-12-23)29(38)40-5-2/h6-17H,4-5,18-19H2,1-3H3,(H,31,37)(H,32,36). The third-order valence-corrected chi connectivity index (χ3v) is 6.73. The molecule has 2 N–H and O–H groups in total. The molecule has 4 aromatic rings. The van der Waals surface area contributed by atoms with Gasteiger partial charge in [0.15, 0.2) is 11.0 Å². The lowest BCUT2D eigenvalue weighted by atomic mass is 10.1. The molecule has 0 atom stereocenters. The third kappa shape index (κ3) is 7.95. The highest BCUT2D eigenvalue weighted by molar-refractivity contribution is 7.99. The molecular weight excluding hydrogens is 542 g/mol. The zero-order valence-electron chi connectivity index (χ0n) is 23.0. The average molecular weight is 574 g/mol. The fourth-order valence-corrected chi connectivity index (χ4v) is 4.68. The first-order valence-corrected chi connectivity index (χ1v) is 14.1. The van der Waals surface area contributed by atoms with E-state index in [4.69, 9.17) is 9.47 Å². The zero-order chi connectivity index (χ0) is 29.2. The van der Waals surface area contributed by atoms with Crippen LogP contribution < -0.4 is 15.4 Å². The Morgan fingerprint density at radius 2 is 1.66 bits per heavy atom. The van der Waals surface area contributed by atoms with Gasteiger partial charge in [0.05, 0.1) is 31.1 Å². The van der Waals surface area contributed by atoms with E-state index in [2.05, 4.69) is 20.8 Å². The summed E-state index contributed by atoms with van der Waals surface area (Å²) in [5.74, 6) is 0.394. The van der Waals surface area contributed by atoms with Crippen LogP contribution in [0.1, 0.15) is 46.0 Å². The number of esters is 1. The molecule has 0 unspecified atom stereocenters. The topological polar surface area (TPSA) is 124 Å². The lowest BCUT2D eigenvalue weighted by molar-refractivity contribution is -0.113. The molecule has 0 aliphatic heterocycles. The smallest absolute Gasteiger partial charge is 0.338 e. The van der Waals surface area contributed by atoms with Crippen molar-refractivity contribution in [3.63, 3.8) is 0 Å². The van der Waals surface area contributed by atoms with Gasteiger partial charge in [-0.05, 0) is 81.4 Å². The summed E-state index contributed by atoms with van der Waals surface area (Å²) in [4.78, 5) is 37.3. The number of nitrogens with zero attached hydrogens (tertiary/aromatic N) is 3. The van der Waals surface area contributed by atoms with Gasteiger partial charge in [-0.25, -0.2) is 4.79 Å². The molecule has 0 radical (unpaired) electrons. The molecule has 0 aliphatic carbocycles. The number of nitrogens with one attached hydrogen (secondary N) is 2. The van der Waals surface area contributed by atoms with Crippen LogP contribution in [0.5, 0.6) is 5.75 Å². The van der Waals surface area contributed by atoms with Gasteiger partial charge in [0.2, 0.25) is 5.91 Å². The molecule has 0 bridgehead atoms. The minimum atomic E-state index is -0.416. The van der Waals surface area contributed by atoms with Crippen molar-refractivity contribution in [3.05, 3.63) is 95.3 Å². The Hall–Kier alpha value is -4.64. The number of amides is 2. The van der Waals surface area contributed by atoms with E-state index in [1.165, 1.54) is 11.8 Å². The van der Waals surface area contributed by atoms with Crippen LogP contribution in [-0.4, -0.2) is 51.5 Å². The van der Waals surface area contributed by atoms with E-state index in [9.17, 15) is 14.4 Å². The fraction of sp³-hybridized carbons (Fsp3) is 0.233. The first-order valence-electron chi connectivity index (χ1n) is 13.1. The van der Waals surface area contributed by atoms with E-state index in [0.717, 1.165) is 17.0 Å². The van der Waals surface area contributed by atoms with Gasteiger partial charge >= 0.3 is 5.97 Å². The van der Waals surface area contributed by atoms with E-state index in [0.29, 0.717) is 34.4 Å². The van der Waals surface area contributed by atoms with Crippen molar-refractivity contribution in [2.75, 3.05) is 24.3 Å². The molecule has 0 saturated carbocycles. The molecule has 2 amide bonds. The Bertz CT molecular complexity index is 1500. The predicted octanol–water partition coefficient (Wildman–Crippen LogP) is 4.81. The summed E-state index contributed by atoms with van der Waals surface area (Å²) >= 11 is 1.21. The molecule has 41 heavy (non-hydrogen) atoms. The number of thioether (sulfide) groups is 1. The number of rotatable bonds is 12. The van der Waals surface area contributed by atoms with Gasteiger partial charge in [-0.2, -0.15) is 0 Å². The highest BCUT2D eigenvalue weighted by atomic mass is 32.2. The average Bonchev–Trinajstić information content (AvgIpc) is 3.38. The first-order chi connectivity index (χ1) is 19.9. The highest BCUT2D eigenvalue weighted by Gasteiger charge is 2.18. The van der Waals surface area contributed by atoms with Gasteiger partial charge in [0, 0.05) is 16.9 Å². The van der Waals surface area contributed by atoms with Gasteiger partial charge in [0.25, 0.3) is 5.91 Å². The normalized spacial score (nSPS) is 10.6. The predicted molar refractivity (Wildman–Crippen MR) is 157 cm³/mol. The molecule has 0 spiro atoms. The van der Waals surface area contributed by atoms with Gasteiger partial charge < -0.3 is 20.1 Å². The van der Waals surface area contributed by atoms with Crippen LogP contribution in [-0.2, 0) is 16.1 Å². The molecule has 0 aliphatic rings. The maximum absolute atomic E-state index is 12.8. The highest BCUT2D eigenvalue weighted by Crippen LogP contribution is 2.24. The lowest BCUT2D eigenvalue weighted by Gasteiger charge is -2.12. The summed E-state index contributed by atoms with van der Waals surface area (Å²) in [5, 5.41) is 14.8. The lowest BCUT2D eigenvalue weighted by Crippen LogP contribution is -2.24. The molecule has 0 saturated heterocycles. The quantitative estimate of drug-likeness (QED) is 0.183. The molecule has 0 fully saturated rings. The molecular formula is C30H31N5O5S. The van der Waals surface area contributed by atoms with Crippen molar-refractivity contribution >= 4 is 35.2 Å². The zero-order valence-corrected chi connectivity index (χ0v) is 23.9. The van der Waals surface area contributed by atoms with Crippen molar-refractivity contribution in [3.8, 4) is 11.4 Å². The Kier molecular flexibility index (Phi) is 10.1. The molecule has 11 heteroatoms. The molecule has 10 nitrogen and oxygen atoms in total. The van der Waals surface area contributed by atoms with Gasteiger partial charge in [0.1, 0.15) is 5.75 Å². The molecule has 1 aromatic heterocycles. The van der Waals surface area contributed by atoms with Crippen molar-refractivity contribution in [2.45, 2.75) is 32.5 Å². The van der Waals surface area contributed by atoms with E-state index in [1.807, 2.05) is 56.3 Å². The van der Waals surface area contributed by atoms with Crippen molar-refractivity contribution < 1.29 is 23.9 Å². The Labute approximate surface area is 242 Å². The van der Waals surface area contributed by atoms with E-state index < -0.39 is 5.97 Å². The number of aryl methyl sites for hydroxylation is 1. The molecule has 212 valence electrons. The number of carbonyl (C=O) groups excluding carboxylic acids is 3. The second-order valence-electron chi connectivity index (χ2n) is 8.85. The number of benzene rings is 3. The summed E-state index contributed by atoms with van der Waals surface area (Å²) in [5.41, 5.74) is 3.26.